The summed E-state index contributed by atoms with van der Waals surface area (Å²) in [5.74, 6) is -2.53. The molecule has 0 spiro atoms. The third-order valence-electron chi connectivity index (χ3n) is 8.20. The van der Waals surface area contributed by atoms with E-state index in [1.54, 1.807) is 36.4 Å². The highest BCUT2D eigenvalue weighted by Crippen LogP contribution is 2.37. The number of furan rings is 1. The average molecular weight is 799 g/mol. The Kier molecular flexibility index (Phi) is 10.5. The number of rotatable bonds is 13. The number of oxazole rings is 2. The second-order valence-corrected chi connectivity index (χ2v) is 16.9. The van der Waals surface area contributed by atoms with Gasteiger partial charge in [-0.3, -0.25) is 4.79 Å². The lowest BCUT2D eigenvalue weighted by atomic mass is 10.2. The summed E-state index contributed by atoms with van der Waals surface area (Å²) < 4.78 is 87.9. The van der Waals surface area contributed by atoms with Gasteiger partial charge < -0.3 is 23.9 Å². The van der Waals surface area contributed by atoms with Crippen molar-refractivity contribution in [1.82, 2.24) is 9.97 Å². The molecule has 16 heteroatoms. The first-order valence-electron chi connectivity index (χ1n) is 16.6. The van der Waals surface area contributed by atoms with Gasteiger partial charge >= 0.3 is 0 Å². The molecule has 0 aliphatic carbocycles. The standard InChI is InChI=1S/C39H31FN4O8S3/c1-24-13-17-27(18-14-24)54(46,47)37-36(41-22-26-8-4-3-5-9-26)51-34(43-37)29-10-6-11-30(33(29)40)42-32(45)23-53-39-38(44-35(52-39)31-12-7-21-50-31)55(48,49)28-19-15-25(2)16-20-28/h3-21,41H,22-23H2,1-2H3,(H,42,45). The summed E-state index contributed by atoms with van der Waals surface area (Å²) in [6, 6.07) is 28.8. The molecule has 3 aromatic heterocycles. The first-order chi connectivity index (χ1) is 26.4. The summed E-state index contributed by atoms with van der Waals surface area (Å²) >= 11 is 0.744. The molecular weight excluding hydrogens is 768 g/mol. The lowest BCUT2D eigenvalue weighted by Crippen LogP contribution is -2.15. The van der Waals surface area contributed by atoms with Crippen molar-refractivity contribution in [1.29, 1.82) is 0 Å². The fourth-order valence-corrected chi connectivity index (χ4v) is 8.93. The Hall–Kier alpha value is -5.97. The van der Waals surface area contributed by atoms with Crippen LogP contribution < -0.4 is 10.6 Å². The van der Waals surface area contributed by atoms with Crippen LogP contribution in [-0.2, 0) is 31.0 Å². The van der Waals surface area contributed by atoms with Gasteiger partial charge in [0.1, 0.15) is 0 Å². The normalized spacial score (nSPS) is 11.8. The van der Waals surface area contributed by atoms with Crippen LogP contribution in [-0.4, -0.2) is 38.5 Å². The van der Waals surface area contributed by atoms with Crippen molar-refractivity contribution >= 4 is 48.9 Å². The number of amides is 1. The largest absolute Gasteiger partial charge is 0.459 e. The molecule has 0 aliphatic rings. The van der Waals surface area contributed by atoms with E-state index in [4.69, 9.17) is 13.3 Å². The third kappa shape index (κ3) is 7.97. The Morgan fingerprint density at radius 1 is 0.727 bits per heavy atom. The third-order valence-corrected chi connectivity index (χ3v) is 12.6. The van der Waals surface area contributed by atoms with Gasteiger partial charge in [-0.25, -0.2) is 21.2 Å². The summed E-state index contributed by atoms with van der Waals surface area (Å²) in [5.41, 5.74) is 2.06. The summed E-state index contributed by atoms with van der Waals surface area (Å²) in [6.45, 7) is 3.83. The molecule has 7 rings (SSSR count). The van der Waals surface area contributed by atoms with Crippen LogP contribution in [0.25, 0.3) is 23.1 Å². The molecule has 55 heavy (non-hydrogen) atoms. The van der Waals surface area contributed by atoms with Gasteiger partial charge in [-0.1, -0.05) is 83.6 Å². The van der Waals surface area contributed by atoms with Gasteiger partial charge in [-0.05, 0) is 67.9 Å². The topological polar surface area (TPSA) is 175 Å². The van der Waals surface area contributed by atoms with E-state index in [9.17, 15) is 21.6 Å². The number of thioether (sulfide) groups is 1. The Labute approximate surface area is 319 Å². The molecule has 2 N–H and O–H groups in total. The van der Waals surface area contributed by atoms with Crippen molar-refractivity contribution in [2.24, 2.45) is 0 Å². The second-order valence-electron chi connectivity index (χ2n) is 12.2. The van der Waals surface area contributed by atoms with E-state index < -0.39 is 47.2 Å². The predicted molar refractivity (Wildman–Crippen MR) is 202 cm³/mol. The molecule has 12 nitrogen and oxygen atoms in total. The van der Waals surface area contributed by atoms with Crippen LogP contribution in [0.5, 0.6) is 0 Å². The van der Waals surface area contributed by atoms with E-state index in [1.807, 2.05) is 44.2 Å². The van der Waals surface area contributed by atoms with Crippen LogP contribution in [0.1, 0.15) is 16.7 Å². The fraction of sp³-hybridized carbons (Fsp3) is 0.103. The minimum Gasteiger partial charge on any atom is -0.459 e. The number of hydrogen-bond donors (Lipinski definition) is 2. The summed E-state index contributed by atoms with van der Waals surface area (Å²) in [4.78, 5) is 21.6. The van der Waals surface area contributed by atoms with E-state index in [1.165, 1.54) is 48.7 Å². The zero-order valence-electron chi connectivity index (χ0n) is 29.1. The van der Waals surface area contributed by atoms with E-state index in [2.05, 4.69) is 20.6 Å². The molecule has 7 aromatic rings. The summed E-state index contributed by atoms with van der Waals surface area (Å²) in [7, 11) is -8.41. The number of nitrogens with zero attached hydrogens (tertiary/aromatic N) is 2. The molecule has 0 saturated carbocycles. The van der Waals surface area contributed by atoms with Crippen LogP contribution in [0.2, 0.25) is 0 Å². The van der Waals surface area contributed by atoms with E-state index in [-0.39, 0.29) is 56.1 Å². The Balaban J connectivity index is 1.15. The molecule has 0 atom stereocenters. The van der Waals surface area contributed by atoms with Crippen LogP contribution in [0, 0.1) is 19.7 Å². The van der Waals surface area contributed by atoms with Crippen molar-refractivity contribution in [3.63, 3.8) is 0 Å². The fourth-order valence-electron chi connectivity index (χ4n) is 5.32. The van der Waals surface area contributed by atoms with Gasteiger partial charge in [-0.15, -0.1) is 0 Å². The number of aryl methyl sites for hydroxylation is 2. The van der Waals surface area contributed by atoms with Crippen LogP contribution in [0.15, 0.2) is 154 Å². The molecular formula is C39H31FN4O8S3. The minimum atomic E-state index is -4.23. The number of aromatic nitrogens is 2. The number of nitrogens with one attached hydrogen (secondary N) is 2. The summed E-state index contributed by atoms with van der Waals surface area (Å²) in [6.07, 6.45) is 1.38. The van der Waals surface area contributed by atoms with Gasteiger partial charge in [0.15, 0.2) is 11.6 Å². The number of halogens is 1. The molecule has 0 aliphatic heterocycles. The zero-order valence-corrected chi connectivity index (χ0v) is 31.6. The lowest BCUT2D eigenvalue weighted by Gasteiger charge is -2.08. The highest BCUT2D eigenvalue weighted by molar-refractivity contribution is 8.00. The SMILES string of the molecule is Cc1ccc(S(=O)(=O)c2nc(-c3cccc(NC(=O)CSc4oc(-c5ccco5)nc4S(=O)(=O)c4ccc(C)cc4)c3F)oc2NCc2ccccc2)cc1. The van der Waals surface area contributed by atoms with Gasteiger partial charge in [0.05, 0.1) is 33.1 Å². The number of carbonyl (C=O) groups excluding carboxylic acids is 1. The molecule has 0 bridgehead atoms. The van der Waals surface area contributed by atoms with Crippen molar-refractivity contribution in [3.05, 3.63) is 138 Å². The molecule has 4 aromatic carbocycles. The van der Waals surface area contributed by atoms with Gasteiger partial charge in [0.2, 0.25) is 52.5 Å². The Bertz CT molecular complexity index is 2700. The highest BCUT2D eigenvalue weighted by atomic mass is 32.2. The average Bonchev–Trinajstić information content (AvgIpc) is 3.96. The Morgan fingerprint density at radius 2 is 1.36 bits per heavy atom. The van der Waals surface area contributed by atoms with Crippen molar-refractivity contribution < 1.29 is 39.3 Å². The minimum absolute atomic E-state index is 0.0256. The number of carbonyl (C=O) groups is 1. The van der Waals surface area contributed by atoms with E-state index in [0.29, 0.717) is 0 Å². The monoisotopic (exact) mass is 798 g/mol. The van der Waals surface area contributed by atoms with Gasteiger partial charge in [0.25, 0.3) is 5.89 Å². The molecule has 1 amide bonds. The van der Waals surface area contributed by atoms with Crippen molar-refractivity contribution in [3.8, 4) is 23.1 Å². The van der Waals surface area contributed by atoms with Crippen LogP contribution >= 0.6 is 11.8 Å². The zero-order chi connectivity index (χ0) is 38.7. The number of anilines is 2. The molecule has 3 heterocycles. The summed E-state index contributed by atoms with van der Waals surface area (Å²) in [5, 5.41) is 4.44. The first-order valence-corrected chi connectivity index (χ1v) is 20.5. The second kappa shape index (κ2) is 15.4. The number of sulfone groups is 2. The van der Waals surface area contributed by atoms with Gasteiger partial charge in [0, 0.05) is 6.54 Å². The van der Waals surface area contributed by atoms with Crippen LogP contribution in [0.3, 0.4) is 0 Å². The number of benzene rings is 4. The Morgan fingerprint density at radius 3 is 2.00 bits per heavy atom. The first kappa shape index (κ1) is 37.3. The van der Waals surface area contributed by atoms with Crippen molar-refractivity contribution in [2.75, 3.05) is 16.4 Å². The molecule has 0 saturated heterocycles. The number of hydrogen-bond acceptors (Lipinski definition) is 12. The molecule has 0 fully saturated rings. The molecule has 0 unspecified atom stereocenters. The van der Waals surface area contributed by atoms with Gasteiger partial charge in [-0.2, -0.15) is 9.97 Å². The van der Waals surface area contributed by atoms with Crippen LogP contribution in [0.4, 0.5) is 16.0 Å². The quantitative estimate of drug-likeness (QED) is 0.107. The maximum absolute atomic E-state index is 16.1. The maximum atomic E-state index is 16.1. The molecule has 280 valence electrons. The molecule has 0 radical (unpaired) electrons. The highest BCUT2D eigenvalue weighted by Gasteiger charge is 2.31. The van der Waals surface area contributed by atoms with Crippen molar-refractivity contribution in [2.45, 2.75) is 45.3 Å². The predicted octanol–water partition coefficient (Wildman–Crippen LogP) is 8.35. The lowest BCUT2D eigenvalue weighted by molar-refractivity contribution is -0.113. The van der Waals surface area contributed by atoms with E-state index >= 15 is 4.39 Å². The van der Waals surface area contributed by atoms with E-state index in [0.717, 1.165) is 28.5 Å². The smallest absolute Gasteiger partial charge is 0.265 e. The maximum Gasteiger partial charge on any atom is 0.265 e.